The molecule has 0 bridgehead atoms. The number of benzene rings is 1. The van der Waals surface area contributed by atoms with Crippen LogP contribution in [0.4, 0.5) is 0 Å². The van der Waals surface area contributed by atoms with Gasteiger partial charge in [0, 0.05) is 13.1 Å². The number of hydrogen-bond donors (Lipinski definition) is 1. The van der Waals surface area contributed by atoms with Gasteiger partial charge >= 0.3 is 0 Å². The standard InChI is InChI=1S/C15H25NO2/c1-4-9-16(12-14(17)5-2)11-13-7-6-8-15(10-13)18-3/h6-8,10,14,17H,4-5,9,11-12H2,1-3H3. The van der Waals surface area contributed by atoms with Crippen LogP contribution in [0.3, 0.4) is 0 Å². The van der Waals surface area contributed by atoms with Crippen molar-refractivity contribution in [2.24, 2.45) is 0 Å². The average molecular weight is 251 g/mol. The molecule has 3 heteroatoms. The lowest BCUT2D eigenvalue weighted by atomic mass is 10.1. The van der Waals surface area contributed by atoms with Gasteiger partial charge in [0.1, 0.15) is 5.75 Å². The van der Waals surface area contributed by atoms with Gasteiger partial charge in [0.25, 0.3) is 0 Å². The summed E-state index contributed by atoms with van der Waals surface area (Å²) in [5.41, 5.74) is 1.23. The maximum absolute atomic E-state index is 9.77. The first kappa shape index (κ1) is 15.0. The highest BCUT2D eigenvalue weighted by molar-refractivity contribution is 5.28. The lowest BCUT2D eigenvalue weighted by Gasteiger charge is -2.24. The van der Waals surface area contributed by atoms with E-state index in [4.69, 9.17) is 4.74 Å². The number of methoxy groups -OCH3 is 1. The van der Waals surface area contributed by atoms with E-state index in [-0.39, 0.29) is 6.10 Å². The lowest BCUT2D eigenvalue weighted by molar-refractivity contribution is 0.105. The normalized spacial score (nSPS) is 12.7. The maximum Gasteiger partial charge on any atom is 0.119 e. The minimum Gasteiger partial charge on any atom is -0.497 e. The van der Waals surface area contributed by atoms with Crippen molar-refractivity contribution in [3.05, 3.63) is 29.8 Å². The van der Waals surface area contributed by atoms with Gasteiger partial charge in [-0.1, -0.05) is 26.0 Å². The zero-order chi connectivity index (χ0) is 13.4. The summed E-state index contributed by atoms with van der Waals surface area (Å²) in [6.07, 6.45) is 1.67. The van der Waals surface area contributed by atoms with E-state index in [9.17, 15) is 5.11 Å². The van der Waals surface area contributed by atoms with Gasteiger partial charge in [0.05, 0.1) is 13.2 Å². The van der Waals surface area contributed by atoms with Crippen LogP contribution in [0.1, 0.15) is 32.3 Å². The van der Waals surface area contributed by atoms with E-state index in [1.54, 1.807) is 7.11 Å². The molecule has 0 heterocycles. The third-order valence-electron chi connectivity index (χ3n) is 3.02. The first-order valence-corrected chi connectivity index (χ1v) is 6.72. The quantitative estimate of drug-likeness (QED) is 0.771. The molecule has 1 rings (SSSR count). The predicted molar refractivity (Wildman–Crippen MR) is 74.9 cm³/mol. The summed E-state index contributed by atoms with van der Waals surface area (Å²) in [4.78, 5) is 2.29. The monoisotopic (exact) mass is 251 g/mol. The Morgan fingerprint density at radius 3 is 2.72 bits per heavy atom. The van der Waals surface area contributed by atoms with Crippen LogP contribution >= 0.6 is 0 Å². The molecule has 1 aromatic rings. The second-order valence-electron chi connectivity index (χ2n) is 4.65. The molecule has 0 aromatic heterocycles. The van der Waals surface area contributed by atoms with Crippen LogP contribution in [-0.2, 0) is 6.54 Å². The molecule has 102 valence electrons. The van der Waals surface area contributed by atoms with Crippen molar-refractivity contribution in [3.8, 4) is 5.75 Å². The second kappa shape index (κ2) is 8.11. The molecule has 0 saturated heterocycles. The Labute approximate surface area is 110 Å². The van der Waals surface area contributed by atoms with Gasteiger partial charge in [-0.2, -0.15) is 0 Å². The Hall–Kier alpha value is -1.06. The van der Waals surface area contributed by atoms with E-state index in [1.807, 2.05) is 19.1 Å². The van der Waals surface area contributed by atoms with Crippen LogP contribution in [0.15, 0.2) is 24.3 Å². The molecule has 0 fully saturated rings. The van der Waals surface area contributed by atoms with Crippen molar-refractivity contribution in [3.63, 3.8) is 0 Å². The third kappa shape index (κ3) is 5.07. The third-order valence-corrected chi connectivity index (χ3v) is 3.02. The summed E-state index contributed by atoms with van der Waals surface area (Å²) in [5.74, 6) is 0.889. The molecule has 0 saturated carbocycles. The molecule has 0 radical (unpaired) electrons. The first-order chi connectivity index (χ1) is 8.69. The van der Waals surface area contributed by atoms with E-state index in [0.29, 0.717) is 0 Å². The highest BCUT2D eigenvalue weighted by atomic mass is 16.5. The molecule has 3 nitrogen and oxygen atoms in total. The number of hydrogen-bond acceptors (Lipinski definition) is 3. The Morgan fingerprint density at radius 1 is 1.33 bits per heavy atom. The van der Waals surface area contributed by atoms with Crippen LogP contribution in [0, 0.1) is 0 Å². The van der Waals surface area contributed by atoms with E-state index >= 15 is 0 Å². The van der Waals surface area contributed by atoms with E-state index in [1.165, 1.54) is 5.56 Å². The van der Waals surface area contributed by atoms with Crippen molar-refractivity contribution >= 4 is 0 Å². The molecule has 18 heavy (non-hydrogen) atoms. The first-order valence-electron chi connectivity index (χ1n) is 6.72. The molecule has 0 aliphatic rings. The summed E-state index contributed by atoms with van der Waals surface area (Å²) in [6, 6.07) is 8.12. The molecular weight excluding hydrogens is 226 g/mol. The summed E-state index contributed by atoms with van der Waals surface area (Å²) in [5, 5.41) is 9.77. The molecule has 0 amide bonds. The van der Waals surface area contributed by atoms with Gasteiger partial charge in [-0.05, 0) is 37.1 Å². The fourth-order valence-electron chi connectivity index (χ4n) is 2.01. The molecule has 0 spiro atoms. The van der Waals surface area contributed by atoms with Crippen LogP contribution in [0.2, 0.25) is 0 Å². The number of aliphatic hydroxyl groups is 1. The summed E-state index contributed by atoms with van der Waals surface area (Å²) in [7, 11) is 1.68. The number of rotatable bonds is 8. The zero-order valence-corrected chi connectivity index (χ0v) is 11.7. The Morgan fingerprint density at radius 2 is 2.11 bits per heavy atom. The van der Waals surface area contributed by atoms with E-state index in [0.717, 1.165) is 38.2 Å². The zero-order valence-electron chi connectivity index (χ0n) is 11.7. The average Bonchev–Trinajstić information content (AvgIpc) is 2.39. The van der Waals surface area contributed by atoms with Crippen LogP contribution in [0.5, 0.6) is 5.75 Å². The molecular formula is C15H25NO2. The number of nitrogens with zero attached hydrogens (tertiary/aromatic N) is 1. The van der Waals surface area contributed by atoms with Gasteiger partial charge in [0.2, 0.25) is 0 Å². The van der Waals surface area contributed by atoms with Gasteiger partial charge in [-0.3, -0.25) is 4.90 Å². The number of ether oxygens (including phenoxy) is 1. The summed E-state index contributed by atoms with van der Waals surface area (Å²) < 4.78 is 5.23. The van der Waals surface area contributed by atoms with Crippen LogP contribution in [0.25, 0.3) is 0 Å². The van der Waals surface area contributed by atoms with Crippen molar-refractivity contribution in [2.75, 3.05) is 20.2 Å². The Balaban J connectivity index is 2.63. The van der Waals surface area contributed by atoms with Gasteiger partial charge in [0.15, 0.2) is 0 Å². The van der Waals surface area contributed by atoms with Crippen molar-refractivity contribution in [2.45, 2.75) is 39.3 Å². The minimum atomic E-state index is -0.234. The fraction of sp³-hybridized carbons (Fsp3) is 0.600. The van der Waals surface area contributed by atoms with Crippen LogP contribution < -0.4 is 4.74 Å². The highest BCUT2D eigenvalue weighted by Gasteiger charge is 2.10. The van der Waals surface area contributed by atoms with Gasteiger partial charge in [-0.15, -0.1) is 0 Å². The summed E-state index contributed by atoms with van der Waals surface area (Å²) in [6.45, 7) is 6.79. The number of aliphatic hydroxyl groups excluding tert-OH is 1. The molecule has 1 aromatic carbocycles. The Bertz CT molecular complexity index is 341. The molecule has 1 atom stereocenters. The fourth-order valence-corrected chi connectivity index (χ4v) is 2.01. The molecule has 1 N–H and O–H groups in total. The van der Waals surface area contributed by atoms with Crippen molar-refractivity contribution in [1.29, 1.82) is 0 Å². The molecule has 1 unspecified atom stereocenters. The van der Waals surface area contributed by atoms with Gasteiger partial charge in [-0.25, -0.2) is 0 Å². The van der Waals surface area contributed by atoms with E-state index < -0.39 is 0 Å². The van der Waals surface area contributed by atoms with Gasteiger partial charge < -0.3 is 9.84 Å². The molecule has 0 aliphatic heterocycles. The van der Waals surface area contributed by atoms with Crippen molar-refractivity contribution in [1.82, 2.24) is 4.90 Å². The SMILES string of the molecule is CCCN(Cc1cccc(OC)c1)CC(O)CC. The molecule has 0 aliphatic carbocycles. The van der Waals surface area contributed by atoms with E-state index in [2.05, 4.69) is 24.0 Å². The van der Waals surface area contributed by atoms with Crippen LogP contribution in [-0.4, -0.2) is 36.3 Å². The smallest absolute Gasteiger partial charge is 0.119 e. The predicted octanol–water partition coefficient (Wildman–Crippen LogP) is 2.68. The summed E-state index contributed by atoms with van der Waals surface area (Å²) >= 11 is 0. The minimum absolute atomic E-state index is 0.234. The Kier molecular flexibility index (Phi) is 6.76. The highest BCUT2D eigenvalue weighted by Crippen LogP contribution is 2.15. The second-order valence-corrected chi connectivity index (χ2v) is 4.65. The van der Waals surface area contributed by atoms with Crippen molar-refractivity contribution < 1.29 is 9.84 Å². The lowest BCUT2D eigenvalue weighted by Crippen LogP contribution is -2.32. The maximum atomic E-state index is 9.77. The topological polar surface area (TPSA) is 32.7 Å². The largest absolute Gasteiger partial charge is 0.497 e.